The molecule has 27 heavy (non-hydrogen) atoms. The summed E-state index contributed by atoms with van der Waals surface area (Å²) in [6.07, 6.45) is 20.8. The number of rotatable bonds is 21. The van der Waals surface area contributed by atoms with Gasteiger partial charge in [0.15, 0.2) is 0 Å². The fourth-order valence-electron chi connectivity index (χ4n) is 3.22. The van der Waals surface area contributed by atoms with Crippen LogP contribution in [0.25, 0.3) is 0 Å². The number of carbonyl (C=O) groups is 2. The molecule has 0 aliphatic rings. The first-order chi connectivity index (χ1) is 13.2. The van der Waals surface area contributed by atoms with Crippen molar-refractivity contribution < 1.29 is 9.59 Å². The molecule has 0 saturated heterocycles. The van der Waals surface area contributed by atoms with Gasteiger partial charge in [0, 0.05) is 6.42 Å². The van der Waals surface area contributed by atoms with Crippen LogP contribution in [0.3, 0.4) is 0 Å². The Morgan fingerprint density at radius 3 is 1.81 bits per heavy atom. The van der Waals surface area contributed by atoms with Gasteiger partial charge in [0.1, 0.15) is 6.29 Å². The van der Waals surface area contributed by atoms with Crippen molar-refractivity contribution in [2.24, 2.45) is 5.73 Å². The van der Waals surface area contributed by atoms with E-state index in [1.807, 2.05) is 0 Å². The van der Waals surface area contributed by atoms with Crippen LogP contribution in [-0.4, -0.2) is 24.8 Å². The number of carbonyl (C=O) groups excluding carboxylic acids is 2. The van der Waals surface area contributed by atoms with Crippen LogP contribution in [-0.2, 0) is 9.59 Å². The molecule has 0 fully saturated rings. The number of amides is 1. The van der Waals surface area contributed by atoms with Gasteiger partial charge >= 0.3 is 0 Å². The Labute approximate surface area is 167 Å². The molecule has 0 aromatic carbocycles. The molecule has 0 radical (unpaired) electrons. The van der Waals surface area contributed by atoms with E-state index in [1.165, 1.54) is 70.6 Å². The van der Waals surface area contributed by atoms with Crippen LogP contribution < -0.4 is 16.6 Å². The van der Waals surface area contributed by atoms with Crippen molar-refractivity contribution >= 4 is 12.2 Å². The number of aldehydes is 1. The van der Waals surface area contributed by atoms with Gasteiger partial charge in [-0.3, -0.25) is 10.2 Å². The summed E-state index contributed by atoms with van der Waals surface area (Å²) in [7, 11) is 0. The lowest BCUT2D eigenvalue weighted by atomic mass is 10.0. The summed E-state index contributed by atoms with van der Waals surface area (Å²) < 4.78 is 0. The quantitative estimate of drug-likeness (QED) is 0.151. The van der Waals surface area contributed by atoms with E-state index in [1.54, 1.807) is 0 Å². The number of nitrogens with one attached hydrogen (secondary N) is 2. The van der Waals surface area contributed by atoms with Crippen LogP contribution >= 0.6 is 0 Å². The lowest BCUT2D eigenvalue weighted by molar-refractivity contribution is -0.122. The van der Waals surface area contributed by atoms with Crippen LogP contribution in [0.5, 0.6) is 0 Å². The lowest BCUT2D eigenvalue weighted by Gasteiger charge is -2.13. The van der Waals surface area contributed by atoms with Crippen molar-refractivity contribution in [1.29, 1.82) is 0 Å². The Bertz CT molecular complexity index is 338. The molecule has 0 bridgehead atoms. The minimum Gasteiger partial charge on any atom is -0.330 e. The third-order valence-corrected chi connectivity index (χ3v) is 5.04. The second-order valence-corrected chi connectivity index (χ2v) is 7.71. The van der Waals surface area contributed by atoms with Gasteiger partial charge in [-0.15, -0.1) is 0 Å². The zero-order chi connectivity index (χ0) is 20.0. The molecule has 0 spiro atoms. The SMILES string of the molecule is CCCCCCCCCCCCCCCC(=O)NN[C@H](C=O)CCCCN. The summed E-state index contributed by atoms with van der Waals surface area (Å²) in [6.45, 7) is 2.90. The van der Waals surface area contributed by atoms with Gasteiger partial charge in [-0.1, -0.05) is 90.4 Å². The maximum atomic E-state index is 11.8. The highest BCUT2D eigenvalue weighted by Gasteiger charge is 2.08. The summed E-state index contributed by atoms with van der Waals surface area (Å²) in [6, 6.07) is -0.313. The van der Waals surface area contributed by atoms with Gasteiger partial charge < -0.3 is 10.5 Å². The third-order valence-electron chi connectivity index (χ3n) is 5.04. The average molecular weight is 384 g/mol. The summed E-state index contributed by atoms with van der Waals surface area (Å²) >= 11 is 0. The number of hydrazine groups is 1. The molecule has 0 aromatic rings. The summed E-state index contributed by atoms with van der Waals surface area (Å²) in [4.78, 5) is 22.7. The van der Waals surface area contributed by atoms with Crippen molar-refractivity contribution in [2.75, 3.05) is 6.54 Å². The smallest absolute Gasteiger partial charge is 0.234 e. The van der Waals surface area contributed by atoms with Crippen LogP contribution in [0.4, 0.5) is 0 Å². The second kappa shape index (κ2) is 21.4. The minimum absolute atomic E-state index is 0.0243. The summed E-state index contributed by atoms with van der Waals surface area (Å²) in [5, 5.41) is 0. The average Bonchev–Trinajstić information content (AvgIpc) is 2.68. The molecule has 5 nitrogen and oxygen atoms in total. The number of unbranched alkanes of at least 4 members (excludes halogenated alkanes) is 13. The molecular weight excluding hydrogens is 338 g/mol. The molecule has 0 aliphatic carbocycles. The number of hydrogen-bond acceptors (Lipinski definition) is 4. The maximum Gasteiger partial charge on any atom is 0.234 e. The molecule has 4 N–H and O–H groups in total. The van der Waals surface area contributed by atoms with E-state index < -0.39 is 0 Å². The van der Waals surface area contributed by atoms with Gasteiger partial charge in [-0.25, -0.2) is 5.43 Å². The van der Waals surface area contributed by atoms with E-state index in [-0.39, 0.29) is 11.9 Å². The van der Waals surface area contributed by atoms with Crippen molar-refractivity contribution in [1.82, 2.24) is 10.9 Å². The minimum atomic E-state index is -0.313. The first-order valence-electron chi connectivity index (χ1n) is 11.4. The van der Waals surface area contributed by atoms with Crippen molar-refractivity contribution in [3.05, 3.63) is 0 Å². The Hall–Kier alpha value is -0.940. The maximum absolute atomic E-state index is 11.8. The van der Waals surface area contributed by atoms with E-state index in [4.69, 9.17) is 5.73 Å². The highest BCUT2D eigenvalue weighted by molar-refractivity contribution is 5.75. The first kappa shape index (κ1) is 26.1. The molecule has 0 aromatic heterocycles. The topological polar surface area (TPSA) is 84.2 Å². The Morgan fingerprint density at radius 1 is 0.815 bits per heavy atom. The molecule has 1 amide bonds. The van der Waals surface area contributed by atoms with Crippen molar-refractivity contribution in [2.45, 2.75) is 122 Å². The zero-order valence-electron chi connectivity index (χ0n) is 17.8. The molecule has 160 valence electrons. The molecule has 0 heterocycles. The Morgan fingerprint density at radius 2 is 1.33 bits per heavy atom. The third kappa shape index (κ3) is 19.6. The zero-order valence-corrected chi connectivity index (χ0v) is 17.8. The summed E-state index contributed by atoms with van der Waals surface area (Å²) in [5.41, 5.74) is 10.9. The molecule has 5 heteroatoms. The van der Waals surface area contributed by atoms with E-state index in [2.05, 4.69) is 17.8 Å². The van der Waals surface area contributed by atoms with Crippen LogP contribution in [0, 0.1) is 0 Å². The van der Waals surface area contributed by atoms with E-state index in [0.29, 0.717) is 19.4 Å². The molecule has 1 atom stereocenters. The van der Waals surface area contributed by atoms with Gasteiger partial charge in [0.25, 0.3) is 0 Å². The van der Waals surface area contributed by atoms with Crippen molar-refractivity contribution in [3.8, 4) is 0 Å². The van der Waals surface area contributed by atoms with Crippen LogP contribution in [0.1, 0.15) is 116 Å². The fraction of sp³-hybridized carbons (Fsp3) is 0.909. The highest BCUT2D eigenvalue weighted by atomic mass is 16.2. The Balaban J connectivity index is 3.34. The normalized spacial score (nSPS) is 12.1. The van der Waals surface area contributed by atoms with Gasteiger partial charge in [-0.2, -0.15) is 0 Å². The molecule has 0 aliphatic heterocycles. The lowest BCUT2D eigenvalue weighted by Crippen LogP contribution is -2.45. The van der Waals surface area contributed by atoms with Crippen LogP contribution in [0.2, 0.25) is 0 Å². The highest BCUT2D eigenvalue weighted by Crippen LogP contribution is 2.12. The monoisotopic (exact) mass is 383 g/mol. The molecule has 0 unspecified atom stereocenters. The van der Waals surface area contributed by atoms with Crippen molar-refractivity contribution in [3.63, 3.8) is 0 Å². The Kier molecular flexibility index (Phi) is 20.6. The fourth-order valence-corrected chi connectivity index (χ4v) is 3.22. The van der Waals surface area contributed by atoms with Gasteiger partial charge in [0.05, 0.1) is 6.04 Å². The number of hydrogen-bond donors (Lipinski definition) is 3. The number of nitrogens with two attached hydrogens (primary N) is 1. The second-order valence-electron chi connectivity index (χ2n) is 7.71. The largest absolute Gasteiger partial charge is 0.330 e. The molecule has 0 saturated carbocycles. The van der Waals surface area contributed by atoms with Crippen LogP contribution in [0.15, 0.2) is 0 Å². The van der Waals surface area contributed by atoms with Gasteiger partial charge in [0.2, 0.25) is 5.91 Å². The summed E-state index contributed by atoms with van der Waals surface area (Å²) in [5.74, 6) is -0.0243. The predicted octanol–water partition coefficient (Wildman–Crippen LogP) is 4.79. The predicted molar refractivity (Wildman–Crippen MR) is 114 cm³/mol. The standard InChI is InChI=1S/C22H45N3O2/c1-2-3-4-5-6-7-8-9-10-11-12-13-14-18-22(27)25-24-21(20-26)17-15-16-19-23/h20-21,24H,2-19,23H2,1H3,(H,25,27)/t21-/m0/s1. The first-order valence-corrected chi connectivity index (χ1v) is 11.4. The van der Waals surface area contributed by atoms with E-state index in [9.17, 15) is 9.59 Å². The van der Waals surface area contributed by atoms with E-state index >= 15 is 0 Å². The van der Waals surface area contributed by atoms with E-state index in [0.717, 1.165) is 32.0 Å². The molecule has 0 rings (SSSR count). The van der Waals surface area contributed by atoms with Gasteiger partial charge in [-0.05, 0) is 25.8 Å². The molecular formula is C22H45N3O2.